The Kier molecular flexibility index (Phi) is 7.56. The number of nitrogens with one attached hydrogen (secondary N) is 1. The summed E-state index contributed by atoms with van der Waals surface area (Å²) >= 11 is 6.20. The number of ketones is 1. The van der Waals surface area contributed by atoms with E-state index in [0.717, 1.165) is 17.5 Å². The Labute approximate surface area is 252 Å². The second-order valence-corrected chi connectivity index (χ2v) is 11.6. The second kappa shape index (κ2) is 11.3. The summed E-state index contributed by atoms with van der Waals surface area (Å²) in [6.07, 6.45) is 4.79. The smallest absolute Gasteiger partial charge is 0.245 e. The van der Waals surface area contributed by atoms with Crippen LogP contribution in [0.1, 0.15) is 48.6 Å². The highest BCUT2D eigenvalue weighted by molar-refractivity contribution is 6.32. The van der Waals surface area contributed by atoms with Crippen LogP contribution >= 0.6 is 11.6 Å². The lowest BCUT2D eigenvalue weighted by atomic mass is 10.0. The molecule has 0 radical (unpaired) electrons. The van der Waals surface area contributed by atoms with Gasteiger partial charge in [0.1, 0.15) is 29.9 Å². The van der Waals surface area contributed by atoms with Crippen molar-refractivity contribution in [1.29, 1.82) is 0 Å². The molecule has 1 aliphatic heterocycles. The van der Waals surface area contributed by atoms with Crippen molar-refractivity contribution in [1.82, 2.24) is 30.0 Å². The minimum atomic E-state index is -0.702. The summed E-state index contributed by atoms with van der Waals surface area (Å²) in [5.74, 6) is -0.506. The Hall–Kier alpha value is -4.44. The Morgan fingerprint density at radius 2 is 1.79 bits per heavy atom. The zero-order chi connectivity index (χ0) is 30.4. The van der Waals surface area contributed by atoms with Crippen LogP contribution in [0.5, 0.6) is 0 Å². The lowest BCUT2D eigenvalue weighted by Gasteiger charge is -2.27. The summed E-state index contributed by atoms with van der Waals surface area (Å²) in [5.41, 5.74) is 3.41. The van der Waals surface area contributed by atoms with Crippen LogP contribution in [0.3, 0.4) is 0 Å². The predicted molar refractivity (Wildman–Crippen MR) is 161 cm³/mol. The summed E-state index contributed by atoms with van der Waals surface area (Å²) < 4.78 is 16.5. The topological polar surface area (TPSA) is 110 Å². The average Bonchev–Trinajstić information content (AvgIpc) is 3.50. The van der Waals surface area contributed by atoms with Crippen LogP contribution in [0.15, 0.2) is 60.7 Å². The SMILES string of the molecule is CC(=O)c1nn(CC(=O)N2C3C[C@@H]3C[C@H]2C(=O)NC/C(F)=C(/C)c2ccccc2Cl)c2ccc(-c3cnc(C)nc3)cc12. The number of piperidine rings is 1. The fourth-order valence-electron chi connectivity index (χ4n) is 5.87. The van der Waals surface area contributed by atoms with Gasteiger partial charge in [0, 0.05) is 41.3 Å². The van der Waals surface area contributed by atoms with Gasteiger partial charge in [-0.15, -0.1) is 0 Å². The van der Waals surface area contributed by atoms with Gasteiger partial charge in [0.05, 0.1) is 12.1 Å². The van der Waals surface area contributed by atoms with Gasteiger partial charge < -0.3 is 10.2 Å². The van der Waals surface area contributed by atoms with Crippen molar-refractivity contribution in [2.24, 2.45) is 5.92 Å². The maximum absolute atomic E-state index is 15.0. The van der Waals surface area contributed by atoms with E-state index >= 15 is 0 Å². The van der Waals surface area contributed by atoms with E-state index in [1.807, 2.05) is 18.2 Å². The molecule has 1 saturated carbocycles. The third-order valence-electron chi connectivity index (χ3n) is 8.28. The molecule has 2 aromatic carbocycles. The number of nitrogens with zero attached hydrogens (tertiary/aromatic N) is 5. The summed E-state index contributed by atoms with van der Waals surface area (Å²) in [5, 5.41) is 8.21. The molecular formula is C32H30ClFN6O3. The van der Waals surface area contributed by atoms with Gasteiger partial charge in [0.25, 0.3) is 0 Å². The monoisotopic (exact) mass is 600 g/mol. The minimum Gasteiger partial charge on any atom is -0.348 e. The molecule has 1 saturated heterocycles. The van der Waals surface area contributed by atoms with Crippen molar-refractivity contribution in [3.05, 3.63) is 82.8 Å². The van der Waals surface area contributed by atoms with Crippen LogP contribution in [0, 0.1) is 12.8 Å². The fourth-order valence-corrected chi connectivity index (χ4v) is 6.14. The highest BCUT2D eigenvalue weighted by Gasteiger charge is 2.56. The Balaban J connectivity index is 1.20. The molecule has 6 rings (SSSR count). The van der Waals surface area contributed by atoms with Crippen molar-refractivity contribution in [3.8, 4) is 11.1 Å². The number of allylic oxidation sites excluding steroid dienone is 1. The molecular weight excluding hydrogens is 571 g/mol. The first-order valence-corrected chi connectivity index (χ1v) is 14.5. The summed E-state index contributed by atoms with van der Waals surface area (Å²) in [4.78, 5) is 49.5. The number of carbonyl (C=O) groups is 3. The maximum Gasteiger partial charge on any atom is 0.245 e. The van der Waals surface area contributed by atoms with Gasteiger partial charge in [-0.1, -0.05) is 35.9 Å². The normalized spacial score (nSPS) is 19.7. The fraction of sp³-hybridized carbons (Fsp3) is 0.312. The third kappa shape index (κ3) is 5.54. The molecule has 1 aliphatic carbocycles. The number of hydrogen-bond donors (Lipinski definition) is 1. The third-order valence-corrected chi connectivity index (χ3v) is 8.61. The van der Waals surface area contributed by atoms with E-state index in [1.54, 1.807) is 55.4 Å². The molecule has 43 heavy (non-hydrogen) atoms. The number of amides is 2. The molecule has 0 spiro atoms. The zero-order valence-corrected chi connectivity index (χ0v) is 24.7. The number of aryl methyl sites for hydroxylation is 1. The van der Waals surface area contributed by atoms with Crippen molar-refractivity contribution in [2.75, 3.05) is 6.54 Å². The van der Waals surface area contributed by atoms with Crippen LogP contribution in [0.2, 0.25) is 5.02 Å². The summed E-state index contributed by atoms with van der Waals surface area (Å²) in [6, 6.07) is 11.7. The van der Waals surface area contributed by atoms with Crippen molar-refractivity contribution in [3.63, 3.8) is 0 Å². The Morgan fingerprint density at radius 1 is 1.05 bits per heavy atom. The van der Waals surface area contributed by atoms with Gasteiger partial charge in [-0.2, -0.15) is 5.10 Å². The molecule has 11 heteroatoms. The van der Waals surface area contributed by atoms with E-state index in [0.29, 0.717) is 39.3 Å². The van der Waals surface area contributed by atoms with Crippen LogP contribution in [0.25, 0.3) is 27.6 Å². The number of aromatic nitrogens is 4. The first-order valence-electron chi connectivity index (χ1n) is 14.1. The van der Waals surface area contributed by atoms with E-state index in [-0.39, 0.29) is 42.4 Å². The molecule has 1 unspecified atom stereocenters. The van der Waals surface area contributed by atoms with Gasteiger partial charge in [-0.05, 0) is 67.5 Å². The quantitative estimate of drug-likeness (QED) is 0.280. The average molecular weight is 601 g/mol. The number of likely N-dealkylation sites (tertiary alicyclic amines) is 1. The highest BCUT2D eigenvalue weighted by atomic mass is 35.5. The van der Waals surface area contributed by atoms with Crippen molar-refractivity contribution in [2.45, 2.75) is 52.2 Å². The molecule has 1 N–H and O–H groups in total. The molecule has 2 aliphatic rings. The molecule has 0 bridgehead atoms. The molecule has 3 heterocycles. The number of carbonyl (C=O) groups excluding carboxylic acids is 3. The van der Waals surface area contributed by atoms with Crippen LogP contribution in [-0.4, -0.2) is 60.9 Å². The minimum absolute atomic E-state index is 0.0317. The molecule has 2 fully saturated rings. The first kappa shape index (κ1) is 28.7. The van der Waals surface area contributed by atoms with E-state index in [4.69, 9.17) is 11.6 Å². The van der Waals surface area contributed by atoms with Gasteiger partial charge in [0.2, 0.25) is 11.8 Å². The number of fused-ring (bicyclic) bond motifs is 2. The summed E-state index contributed by atoms with van der Waals surface area (Å²) in [7, 11) is 0. The van der Waals surface area contributed by atoms with Gasteiger partial charge in [-0.25, -0.2) is 14.4 Å². The number of Topliss-reactive ketones (excluding diaryl/α,β-unsaturated/α-hetero) is 1. The molecule has 2 aromatic heterocycles. The van der Waals surface area contributed by atoms with Crippen LogP contribution in [-0.2, 0) is 16.1 Å². The van der Waals surface area contributed by atoms with Gasteiger partial charge in [0.15, 0.2) is 5.78 Å². The van der Waals surface area contributed by atoms with Gasteiger partial charge >= 0.3 is 0 Å². The van der Waals surface area contributed by atoms with Gasteiger partial charge in [-0.3, -0.25) is 19.1 Å². The standard InChI is InChI=1S/C32H30ClFN6O3/c1-17(23-6-4-5-7-25(23)33)26(34)15-37-32(43)29-12-21-11-28(21)40(29)30(42)16-39-27-9-8-20(22-13-35-19(3)36-14-22)10-24(27)31(38-39)18(2)41/h4-10,13-14,21,28-29H,11-12,15-16H2,1-3H3,(H,37,43)/b26-17+/t21-,28?,29+/m1/s1. The van der Waals surface area contributed by atoms with E-state index in [1.165, 1.54) is 11.6 Å². The lowest BCUT2D eigenvalue weighted by molar-refractivity contribution is -0.140. The second-order valence-electron chi connectivity index (χ2n) is 11.2. The number of halogens is 2. The molecule has 9 nitrogen and oxygen atoms in total. The van der Waals surface area contributed by atoms with E-state index < -0.39 is 17.8 Å². The highest BCUT2D eigenvalue weighted by Crippen LogP contribution is 2.48. The Bertz CT molecular complexity index is 1800. The van der Waals surface area contributed by atoms with E-state index in [9.17, 15) is 18.8 Å². The largest absolute Gasteiger partial charge is 0.348 e. The maximum atomic E-state index is 15.0. The van der Waals surface area contributed by atoms with E-state index in [2.05, 4.69) is 20.4 Å². The number of hydrogen-bond acceptors (Lipinski definition) is 6. The first-order chi connectivity index (χ1) is 20.6. The molecule has 2 amide bonds. The van der Waals surface area contributed by atoms with Crippen LogP contribution < -0.4 is 5.32 Å². The number of rotatable bonds is 8. The number of benzene rings is 2. The predicted octanol–water partition coefficient (Wildman–Crippen LogP) is 5.16. The molecule has 4 aromatic rings. The Morgan fingerprint density at radius 3 is 2.51 bits per heavy atom. The van der Waals surface area contributed by atoms with Crippen molar-refractivity contribution >= 4 is 45.7 Å². The summed E-state index contributed by atoms with van der Waals surface area (Å²) in [6.45, 7) is 4.42. The zero-order valence-electron chi connectivity index (χ0n) is 24.0. The molecule has 3 atom stereocenters. The van der Waals surface area contributed by atoms with Crippen molar-refractivity contribution < 1.29 is 18.8 Å². The van der Waals surface area contributed by atoms with Crippen LogP contribution in [0.4, 0.5) is 4.39 Å². The lowest BCUT2D eigenvalue weighted by Crippen LogP contribution is -2.49. The molecule has 220 valence electrons.